The zero-order chi connectivity index (χ0) is 106. The van der Waals surface area contributed by atoms with Gasteiger partial charge < -0.3 is 118 Å². The molecule has 45 heteroatoms. The molecule has 0 spiro atoms. The summed E-state index contributed by atoms with van der Waals surface area (Å²) in [6.45, 7) is 24.4. The van der Waals surface area contributed by atoms with Gasteiger partial charge in [0.2, 0.25) is 35.4 Å². The smallest absolute Gasteiger partial charge is 0.330 e. The molecule has 6 amide bonds. The Bertz CT molecular complexity index is 4290. The standard InChI is InChI=1S/C32H40N2O12.C29H40N2O13.C19H30N2O8.C13H20O6.C3H6/c1-31(2,41)29(39)21-5-9-23(10-6-21)43-15-17-45-27(37)19-25(35)33-13-14-34-26(36)20-28(38)46-18-16-44-24-11-7-22(8-12-24)30(40)32(3,4)42;1-29(2,39)28(38)21-7-9-22(10-8-21)41-16-17-44-27(37)19-24(34)31-12-11-30-23(33)18-26(36)42-13-5-3-4-6-25(35)43-15-14-40-20-32;1-3-15(22)20-9-10-21-16(23)14-19(26)27-11-7-5-6-8-18(25)29-13-12-28-17(24)4-2;1-3-12(15)18-9-10-19-13(16)7-5-4-6-8-17-11(2)14;1-3-2/h5-12,41-42H,13-20H2,1-4H3,(H,33,35)(H,34,36);7-10,20,39H,3-6,11-19H2,1-2H3,(H,30,33)(H,31,34);4H,2-3,5-14H2,1H3,(H,20,22)(H,21,23);3H,1,4-10H2,2H3;3H,1H2,2H3. The number of allylic oxidation sites excluding steroid dienone is 1. The van der Waals surface area contributed by atoms with E-state index in [0.29, 0.717) is 105 Å². The van der Waals surface area contributed by atoms with Gasteiger partial charge in [0.1, 0.15) is 145 Å². The summed E-state index contributed by atoms with van der Waals surface area (Å²) < 4.78 is 74.1. The molecule has 0 saturated heterocycles. The Morgan fingerprint density at radius 3 is 0.752 bits per heavy atom. The quantitative estimate of drug-likeness (QED) is 0.00548. The summed E-state index contributed by atoms with van der Waals surface area (Å²) in [6, 6.07) is 18.3. The van der Waals surface area contributed by atoms with Crippen LogP contribution in [0.5, 0.6) is 17.2 Å². The number of aliphatic hydroxyl groups is 3. The van der Waals surface area contributed by atoms with Crippen molar-refractivity contribution in [2.75, 3.05) is 138 Å². The topological polar surface area (TPSA) is 630 Å². The number of unbranched alkanes of at least 4 members (excludes halogenated alkanes) is 6. The van der Waals surface area contributed by atoms with Crippen LogP contribution in [0.1, 0.15) is 209 Å². The summed E-state index contributed by atoms with van der Waals surface area (Å²) in [7, 11) is 0. The molecule has 0 aliphatic rings. The largest absolute Gasteiger partial charge is 0.490 e. The predicted octanol–water partition coefficient (Wildman–Crippen LogP) is 4.51. The zero-order valence-corrected chi connectivity index (χ0v) is 81.5. The molecule has 0 aliphatic heterocycles. The Labute approximate surface area is 818 Å². The van der Waals surface area contributed by atoms with E-state index in [9.17, 15) is 116 Å². The number of hydrogen-bond donors (Lipinski definition) is 9. The molecule has 0 aliphatic carbocycles. The Kier molecular flexibility index (Phi) is 71.7. The maximum atomic E-state index is 12.0. The van der Waals surface area contributed by atoms with Crippen LogP contribution in [0.2, 0.25) is 0 Å². The Hall–Kier alpha value is -14.4. The number of amides is 6. The van der Waals surface area contributed by atoms with Crippen molar-refractivity contribution in [2.24, 2.45) is 0 Å². The number of hydrogen-bond acceptors (Lipinski definition) is 39. The van der Waals surface area contributed by atoms with Crippen LogP contribution in [0.3, 0.4) is 0 Å². The van der Waals surface area contributed by atoms with E-state index in [-0.39, 0.29) is 169 Å². The van der Waals surface area contributed by atoms with E-state index < -0.39 is 143 Å². The summed E-state index contributed by atoms with van der Waals surface area (Å²) in [5, 5.41) is 44.2. The van der Waals surface area contributed by atoms with Crippen LogP contribution in [-0.2, 0) is 143 Å². The summed E-state index contributed by atoms with van der Waals surface area (Å²) in [5.74, 6) is -9.29. The number of nitrogens with one attached hydrogen (secondary N) is 6. The lowest BCUT2D eigenvalue weighted by Gasteiger charge is -2.15. The van der Waals surface area contributed by atoms with E-state index in [0.717, 1.165) is 25.0 Å². The fourth-order valence-corrected chi connectivity index (χ4v) is 10.1. The highest BCUT2D eigenvalue weighted by Gasteiger charge is 2.28. The second-order valence-corrected chi connectivity index (χ2v) is 30.8. The maximum Gasteiger partial charge on any atom is 0.330 e. The molecule has 45 nitrogen and oxygen atoms in total. The van der Waals surface area contributed by atoms with Crippen LogP contribution < -0.4 is 46.1 Å². The van der Waals surface area contributed by atoms with Gasteiger partial charge in [-0.1, -0.05) is 26.2 Å². The number of ketones is 3. The first kappa shape index (κ1) is 129. The molecule has 0 unspecified atom stereocenters. The van der Waals surface area contributed by atoms with Crippen LogP contribution >= 0.6 is 0 Å². The summed E-state index contributed by atoms with van der Waals surface area (Å²) in [6.07, 6.45) is 7.95. The molecule has 0 bridgehead atoms. The van der Waals surface area contributed by atoms with E-state index in [4.69, 9.17) is 56.8 Å². The van der Waals surface area contributed by atoms with E-state index in [1.54, 1.807) is 49.4 Å². The van der Waals surface area contributed by atoms with Crippen molar-refractivity contribution < 1.29 is 187 Å². The number of carbonyl (C=O) groups excluding carboxylic acids is 21. The van der Waals surface area contributed by atoms with Gasteiger partial charge in [0.25, 0.3) is 6.47 Å². The van der Waals surface area contributed by atoms with Crippen LogP contribution in [-0.4, -0.2) is 295 Å². The molecular formula is C96H136N6O39. The van der Waals surface area contributed by atoms with Gasteiger partial charge in [-0.2, -0.15) is 0 Å². The van der Waals surface area contributed by atoms with Crippen molar-refractivity contribution in [1.29, 1.82) is 0 Å². The summed E-state index contributed by atoms with van der Waals surface area (Å²) in [5.41, 5.74) is -3.51. The van der Waals surface area contributed by atoms with Gasteiger partial charge in [-0.3, -0.25) is 91.1 Å². The first-order chi connectivity index (χ1) is 66.8. The van der Waals surface area contributed by atoms with Crippen molar-refractivity contribution in [1.82, 2.24) is 31.9 Å². The second kappa shape index (κ2) is 78.5. The minimum atomic E-state index is -1.49. The normalized spacial score (nSPS) is 10.4. The highest BCUT2D eigenvalue weighted by Crippen LogP contribution is 2.21. The fourth-order valence-electron chi connectivity index (χ4n) is 10.1. The van der Waals surface area contributed by atoms with Gasteiger partial charge >= 0.3 is 65.7 Å². The molecule has 0 saturated carbocycles. The predicted molar refractivity (Wildman–Crippen MR) is 499 cm³/mol. The molecule has 0 heterocycles. The number of ether oxygens (including phenoxy) is 15. The van der Waals surface area contributed by atoms with Gasteiger partial charge in [-0.05, 0) is 179 Å². The van der Waals surface area contributed by atoms with E-state index in [1.807, 2.05) is 6.92 Å². The third-order valence-corrected chi connectivity index (χ3v) is 17.0. The lowest BCUT2D eigenvalue weighted by molar-refractivity contribution is -0.150. The van der Waals surface area contributed by atoms with Gasteiger partial charge in [0.05, 0.1) is 19.8 Å². The first-order valence-corrected chi connectivity index (χ1v) is 45.0. The molecule has 3 aromatic rings. The van der Waals surface area contributed by atoms with Crippen molar-refractivity contribution >= 4 is 125 Å². The van der Waals surface area contributed by atoms with Crippen molar-refractivity contribution in [2.45, 2.75) is 195 Å². The SMILES string of the molecule is C=CC.C=CC(=O)OCCOC(=O)CCCCCOC(=O)CC(=O)NCCNC(=O)CC.C=CC(=O)OCCOC(=O)CCCCCOC(C)=O.CC(C)(O)C(=O)c1ccc(OCCOC(=O)CC(=O)NCCNC(=O)CC(=O)OCCCCCC(=O)OCCOC=O)cc1.CC(C)(O)C(=O)c1ccc(OCCOC(=O)CC(=O)NCCNC(=O)CC(=O)OCCOc2ccc(C(=O)C(C)(C)O)cc2)cc1. The maximum absolute atomic E-state index is 12.0. The van der Waals surface area contributed by atoms with E-state index >= 15 is 0 Å². The Balaban J connectivity index is 0. The lowest BCUT2D eigenvalue weighted by atomic mass is 9.97. The molecule has 0 fully saturated rings. The molecule has 0 aromatic heterocycles. The molecule has 9 N–H and O–H groups in total. The number of rotatable bonds is 68. The zero-order valence-electron chi connectivity index (χ0n) is 81.5. The van der Waals surface area contributed by atoms with Gasteiger partial charge in [-0.25, -0.2) is 9.59 Å². The van der Waals surface area contributed by atoms with Gasteiger partial charge in [0.15, 0.2) is 17.3 Å². The lowest BCUT2D eigenvalue weighted by Crippen LogP contribution is -2.36. The highest BCUT2D eigenvalue weighted by atomic mass is 16.6. The monoisotopic (exact) mass is 2000 g/mol. The summed E-state index contributed by atoms with van der Waals surface area (Å²) in [4.78, 5) is 241. The van der Waals surface area contributed by atoms with Crippen LogP contribution in [0.25, 0.3) is 0 Å². The minimum absolute atomic E-state index is 0.000857. The summed E-state index contributed by atoms with van der Waals surface area (Å²) >= 11 is 0. The fraction of sp³-hybridized carbons (Fsp3) is 0.531. The Morgan fingerprint density at radius 1 is 0.298 bits per heavy atom. The van der Waals surface area contributed by atoms with E-state index in [2.05, 4.69) is 65.8 Å². The number of esters is 11. The van der Waals surface area contributed by atoms with Crippen molar-refractivity contribution in [3.05, 3.63) is 127 Å². The third kappa shape index (κ3) is 74.4. The molecule has 3 aromatic carbocycles. The highest BCUT2D eigenvalue weighted by molar-refractivity contribution is 6.03. The molecule has 3 rings (SSSR count). The molecule has 141 heavy (non-hydrogen) atoms. The van der Waals surface area contributed by atoms with Crippen LogP contribution in [0.4, 0.5) is 0 Å². The van der Waals surface area contributed by atoms with Gasteiger partial charge in [0, 0.05) is 101 Å². The number of Topliss-reactive ketones (excluding diaryl/α,β-unsaturated/α-hetero) is 3. The average Bonchev–Trinajstić information content (AvgIpc) is 0.856. The van der Waals surface area contributed by atoms with Crippen LogP contribution in [0.15, 0.2) is 111 Å². The van der Waals surface area contributed by atoms with Crippen LogP contribution in [0, 0.1) is 0 Å². The molecule has 0 radical (unpaired) electrons. The third-order valence-electron chi connectivity index (χ3n) is 17.0. The molecule has 784 valence electrons. The molecule has 0 atom stereocenters. The Morgan fingerprint density at radius 2 is 0.518 bits per heavy atom. The average molecular weight is 2000 g/mol. The number of benzene rings is 3. The van der Waals surface area contributed by atoms with Gasteiger partial charge in [-0.15, -0.1) is 6.58 Å². The molecular weight excluding hydrogens is 1860 g/mol. The first-order valence-electron chi connectivity index (χ1n) is 45.0. The van der Waals surface area contributed by atoms with E-state index in [1.165, 1.54) is 84.9 Å². The van der Waals surface area contributed by atoms with Crippen molar-refractivity contribution in [3.63, 3.8) is 0 Å². The number of carbonyl (C=O) groups is 21. The minimum Gasteiger partial charge on any atom is -0.490 e. The van der Waals surface area contributed by atoms with Crippen molar-refractivity contribution in [3.8, 4) is 17.2 Å². The second-order valence-electron chi connectivity index (χ2n) is 30.8.